The molecule has 5 nitrogen and oxygen atoms in total. The summed E-state index contributed by atoms with van der Waals surface area (Å²) in [5, 5.41) is 0. The van der Waals surface area contributed by atoms with Crippen LogP contribution in [0.25, 0.3) is 0 Å². The van der Waals surface area contributed by atoms with Crippen LogP contribution in [0.2, 0.25) is 0 Å². The van der Waals surface area contributed by atoms with Crippen LogP contribution in [0.1, 0.15) is 33.6 Å². The molecule has 0 radical (unpaired) electrons. The largest absolute Gasteiger partial charge is 0.381 e. The first-order chi connectivity index (χ1) is 9.39. The maximum absolute atomic E-state index is 12.4. The van der Waals surface area contributed by atoms with Crippen LogP contribution in [0.4, 0.5) is 0 Å². The normalized spacial score (nSPS) is 24.7. The highest BCUT2D eigenvalue weighted by atomic mass is 16.5. The van der Waals surface area contributed by atoms with Gasteiger partial charge in [-0.05, 0) is 18.3 Å². The van der Waals surface area contributed by atoms with Crippen LogP contribution >= 0.6 is 0 Å². The molecule has 2 saturated heterocycles. The predicted octanol–water partition coefficient (Wildman–Crippen LogP) is 0.683. The average Bonchev–Trinajstić information content (AvgIpc) is 2.46. The summed E-state index contributed by atoms with van der Waals surface area (Å²) >= 11 is 0. The van der Waals surface area contributed by atoms with Crippen LogP contribution in [0, 0.1) is 5.41 Å². The monoisotopic (exact) mass is 283 g/mol. The molecule has 0 unspecified atom stereocenters. The second-order valence-electron chi connectivity index (χ2n) is 7.05. The maximum Gasteiger partial charge on any atom is 0.240 e. The van der Waals surface area contributed by atoms with Crippen LogP contribution in [-0.2, 0) is 9.53 Å². The summed E-state index contributed by atoms with van der Waals surface area (Å²) in [6.07, 6.45) is 2.24. The van der Waals surface area contributed by atoms with Gasteiger partial charge in [-0.1, -0.05) is 20.8 Å². The van der Waals surface area contributed by atoms with Crippen LogP contribution in [0.15, 0.2) is 0 Å². The molecule has 2 heterocycles. The predicted molar refractivity (Wildman–Crippen MR) is 79.4 cm³/mol. The van der Waals surface area contributed by atoms with Crippen LogP contribution in [0.5, 0.6) is 0 Å². The average molecular weight is 283 g/mol. The van der Waals surface area contributed by atoms with Gasteiger partial charge >= 0.3 is 0 Å². The molecule has 0 saturated carbocycles. The SMILES string of the molecule is CC(C)(C)[C@H](N)C(=O)N1CCN(C2CCOCC2)CC1. The summed E-state index contributed by atoms with van der Waals surface area (Å²) in [6, 6.07) is 0.231. The lowest BCUT2D eigenvalue weighted by Crippen LogP contribution is -2.58. The van der Waals surface area contributed by atoms with Gasteiger partial charge < -0.3 is 15.4 Å². The van der Waals surface area contributed by atoms with Crippen molar-refractivity contribution in [2.75, 3.05) is 39.4 Å². The molecule has 2 aliphatic rings. The fourth-order valence-electron chi connectivity index (χ4n) is 2.92. The number of carbonyl (C=O) groups is 1. The molecule has 0 aromatic rings. The Morgan fingerprint density at radius 2 is 1.70 bits per heavy atom. The molecule has 0 aromatic heterocycles. The summed E-state index contributed by atoms with van der Waals surface area (Å²) in [5.41, 5.74) is 5.91. The zero-order valence-electron chi connectivity index (χ0n) is 13.1. The van der Waals surface area contributed by atoms with Crippen molar-refractivity contribution in [3.8, 4) is 0 Å². The van der Waals surface area contributed by atoms with Crippen molar-refractivity contribution >= 4 is 5.91 Å². The van der Waals surface area contributed by atoms with Gasteiger partial charge in [0.25, 0.3) is 0 Å². The van der Waals surface area contributed by atoms with Crippen molar-refractivity contribution in [3.05, 3.63) is 0 Å². The first-order valence-electron chi connectivity index (χ1n) is 7.76. The number of nitrogens with two attached hydrogens (primary N) is 1. The molecule has 2 fully saturated rings. The topological polar surface area (TPSA) is 58.8 Å². The first-order valence-corrected chi connectivity index (χ1v) is 7.76. The van der Waals surface area contributed by atoms with Gasteiger partial charge in [0.05, 0.1) is 6.04 Å². The summed E-state index contributed by atoms with van der Waals surface area (Å²) in [4.78, 5) is 16.8. The molecule has 2 aliphatic heterocycles. The molecule has 1 amide bonds. The summed E-state index contributed by atoms with van der Waals surface area (Å²) in [7, 11) is 0. The van der Waals surface area contributed by atoms with Gasteiger partial charge in [-0.25, -0.2) is 0 Å². The summed E-state index contributed by atoms with van der Waals surface area (Å²) in [5.74, 6) is 0.101. The third-order valence-corrected chi connectivity index (χ3v) is 4.53. The fraction of sp³-hybridized carbons (Fsp3) is 0.933. The molecule has 1 atom stereocenters. The smallest absolute Gasteiger partial charge is 0.240 e. The lowest BCUT2D eigenvalue weighted by Gasteiger charge is -2.42. The van der Waals surface area contributed by atoms with E-state index < -0.39 is 6.04 Å². The van der Waals surface area contributed by atoms with E-state index in [-0.39, 0.29) is 11.3 Å². The maximum atomic E-state index is 12.4. The second-order valence-corrected chi connectivity index (χ2v) is 7.05. The lowest BCUT2D eigenvalue weighted by molar-refractivity contribution is -0.137. The Labute approximate surface area is 122 Å². The van der Waals surface area contributed by atoms with E-state index in [0.29, 0.717) is 6.04 Å². The van der Waals surface area contributed by atoms with Crippen molar-refractivity contribution < 1.29 is 9.53 Å². The molecule has 2 rings (SSSR count). The number of nitrogens with zero attached hydrogens (tertiary/aromatic N) is 2. The molecule has 0 aromatic carbocycles. The summed E-state index contributed by atoms with van der Waals surface area (Å²) in [6.45, 7) is 11.4. The number of carbonyl (C=O) groups excluding carboxylic acids is 1. The number of ether oxygens (including phenoxy) is 1. The quantitative estimate of drug-likeness (QED) is 0.810. The Balaban J connectivity index is 1.83. The third kappa shape index (κ3) is 3.71. The van der Waals surface area contributed by atoms with Crippen LogP contribution in [0.3, 0.4) is 0 Å². The molecule has 0 spiro atoms. The molecule has 2 N–H and O–H groups in total. The highest BCUT2D eigenvalue weighted by molar-refractivity contribution is 5.82. The molecule has 0 aliphatic carbocycles. The molecular weight excluding hydrogens is 254 g/mol. The number of amides is 1. The Morgan fingerprint density at radius 1 is 1.15 bits per heavy atom. The summed E-state index contributed by atoms with van der Waals surface area (Å²) < 4.78 is 5.41. The van der Waals surface area contributed by atoms with Crippen molar-refractivity contribution in [1.82, 2.24) is 9.80 Å². The minimum absolute atomic E-state index is 0.101. The molecule has 0 bridgehead atoms. The highest BCUT2D eigenvalue weighted by Crippen LogP contribution is 2.21. The van der Waals surface area contributed by atoms with Gasteiger partial charge in [0.2, 0.25) is 5.91 Å². The van der Waals surface area contributed by atoms with E-state index in [9.17, 15) is 4.79 Å². The van der Waals surface area contributed by atoms with Crippen molar-refractivity contribution in [2.24, 2.45) is 11.1 Å². The van der Waals surface area contributed by atoms with Gasteiger partial charge in [-0.2, -0.15) is 0 Å². The first kappa shape index (κ1) is 15.7. The lowest BCUT2D eigenvalue weighted by atomic mass is 9.86. The Bertz CT molecular complexity index is 327. The highest BCUT2D eigenvalue weighted by Gasteiger charge is 2.33. The van der Waals surface area contributed by atoms with Crippen LogP contribution < -0.4 is 5.73 Å². The third-order valence-electron chi connectivity index (χ3n) is 4.53. The molecule has 20 heavy (non-hydrogen) atoms. The van der Waals surface area contributed by atoms with Gasteiger partial charge in [0, 0.05) is 45.4 Å². The van der Waals surface area contributed by atoms with Gasteiger partial charge in [0.1, 0.15) is 0 Å². The fourth-order valence-corrected chi connectivity index (χ4v) is 2.92. The number of rotatable bonds is 2. The van der Waals surface area contributed by atoms with Crippen molar-refractivity contribution in [3.63, 3.8) is 0 Å². The van der Waals surface area contributed by atoms with Crippen molar-refractivity contribution in [1.29, 1.82) is 0 Å². The van der Waals surface area contributed by atoms with E-state index in [1.54, 1.807) is 0 Å². The minimum atomic E-state index is -0.405. The van der Waals surface area contributed by atoms with E-state index in [1.165, 1.54) is 0 Å². The van der Waals surface area contributed by atoms with E-state index in [2.05, 4.69) is 4.90 Å². The van der Waals surface area contributed by atoms with E-state index in [0.717, 1.165) is 52.2 Å². The van der Waals surface area contributed by atoms with E-state index in [1.807, 2.05) is 25.7 Å². The number of hydrogen-bond acceptors (Lipinski definition) is 4. The minimum Gasteiger partial charge on any atom is -0.381 e. The van der Waals surface area contributed by atoms with Crippen LogP contribution in [-0.4, -0.2) is 67.2 Å². The van der Waals surface area contributed by atoms with Gasteiger partial charge in [-0.3, -0.25) is 9.69 Å². The Morgan fingerprint density at radius 3 is 2.20 bits per heavy atom. The Hall–Kier alpha value is -0.650. The van der Waals surface area contributed by atoms with E-state index in [4.69, 9.17) is 10.5 Å². The number of hydrogen-bond donors (Lipinski definition) is 1. The Kier molecular flexibility index (Phi) is 5.04. The molecule has 5 heteroatoms. The standard InChI is InChI=1S/C15H29N3O2/c1-15(2,3)13(16)14(19)18-8-6-17(7-9-18)12-4-10-20-11-5-12/h12-13H,4-11,16H2,1-3H3/t13-/m1/s1. The van der Waals surface area contributed by atoms with Gasteiger partial charge in [0.15, 0.2) is 0 Å². The second kappa shape index (κ2) is 6.41. The van der Waals surface area contributed by atoms with Crippen molar-refractivity contribution in [2.45, 2.75) is 45.7 Å². The van der Waals surface area contributed by atoms with E-state index >= 15 is 0 Å². The zero-order valence-corrected chi connectivity index (χ0v) is 13.1. The molecular formula is C15H29N3O2. The molecule has 116 valence electrons. The number of piperazine rings is 1. The zero-order chi connectivity index (χ0) is 14.8. The van der Waals surface area contributed by atoms with Gasteiger partial charge in [-0.15, -0.1) is 0 Å².